The van der Waals surface area contributed by atoms with Crippen LogP contribution >= 0.6 is 0 Å². The van der Waals surface area contributed by atoms with Crippen LogP contribution in [0.5, 0.6) is 0 Å². The number of carbonyl (C=O) groups is 3. The standard InChI is InChI=1S/C25H31N5O3/c26-24-20(25(33)27-16-17-4-2-1-3-5-17)8-9-21(29-24)18-12-14-30(15-13-18)23(32)11-7-19-6-10-22(31)28-19/h1-5,8-9,18-19H,6-7,10-16H2,(H2,26,29)(H,27,33)(H,28,31)/t19-/m0/s1. The second-order valence-electron chi connectivity index (χ2n) is 8.83. The molecule has 1 aromatic carbocycles. The number of pyridine rings is 1. The minimum Gasteiger partial charge on any atom is -0.383 e. The van der Waals surface area contributed by atoms with E-state index in [1.807, 2.05) is 41.3 Å². The number of benzene rings is 1. The number of likely N-dealkylation sites (tertiary alicyclic amines) is 1. The Balaban J connectivity index is 1.26. The average molecular weight is 450 g/mol. The first-order chi connectivity index (χ1) is 16.0. The third kappa shape index (κ3) is 5.88. The number of aromatic nitrogens is 1. The minimum absolute atomic E-state index is 0.0831. The second-order valence-corrected chi connectivity index (χ2v) is 8.83. The molecule has 8 nitrogen and oxygen atoms in total. The maximum Gasteiger partial charge on any atom is 0.255 e. The van der Waals surface area contributed by atoms with Gasteiger partial charge >= 0.3 is 0 Å². The minimum atomic E-state index is -0.241. The highest BCUT2D eigenvalue weighted by atomic mass is 16.2. The van der Waals surface area contributed by atoms with E-state index in [0.717, 1.165) is 30.5 Å². The smallest absolute Gasteiger partial charge is 0.255 e. The van der Waals surface area contributed by atoms with Crippen molar-refractivity contribution in [3.63, 3.8) is 0 Å². The van der Waals surface area contributed by atoms with Crippen molar-refractivity contribution in [1.29, 1.82) is 0 Å². The predicted octanol–water partition coefficient (Wildman–Crippen LogP) is 2.36. The molecule has 3 amide bonds. The van der Waals surface area contributed by atoms with Crippen LogP contribution < -0.4 is 16.4 Å². The van der Waals surface area contributed by atoms with Crippen molar-refractivity contribution >= 4 is 23.5 Å². The van der Waals surface area contributed by atoms with E-state index < -0.39 is 0 Å². The summed E-state index contributed by atoms with van der Waals surface area (Å²) in [4.78, 5) is 42.8. The molecule has 4 rings (SSSR count). The maximum atomic E-state index is 12.6. The molecule has 2 aliphatic heterocycles. The van der Waals surface area contributed by atoms with Gasteiger partial charge in [-0.3, -0.25) is 14.4 Å². The first-order valence-corrected chi connectivity index (χ1v) is 11.7. The van der Waals surface area contributed by atoms with E-state index in [1.165, 1.54) is 0 Å². The molecule has 0 aliphatic carbocycles. The summed E-state index contributed by atoms with van der Waals surface area (Å²) in [5, 5.41) is 5.80. The van der Waals surface area contributed by atoms with Gasteiger partial charge in [-0.2, -0.15) is 0 Å². The van der Waals surface area contributed by atoms with Crippen LogP contribution in [0.1, 0.15) is 66.1 Å². The van der Waals surface area contributed by atoms with Gasteiger partial charge in [-0.15, -0.1) is 0 Å². The number of anilines is 1. The topological polar surface area (TPSA) is 117 Å². The molecule has 1 atom stereocenters. The number of amides is 3. The van der Waals surface area contributed by atoms with Gasteiger partial charge in [0.05, 0.1) is 5.56 Å². The molecule has 2 aliphatic rings. The number of piperidine rings is 1. The summed E-state index contributed by atoms with van der Waals surface area (Å²) in [5.41, 5.74) is 8.38. The number of nitrogens with two attached hydrogens (primary N) is 1. The van der Waals surface area contributed by atoms with Crippen LogP contribution in [0.3, 0.4) is 0 Å². The van der Waals surface area contributed by atoms with E-state index in [4.69, 9.17) is 5.73 Å². The van der Waals surface area contributed by atoms with E-state index in [2.05, 4.69) is 15.6 Å². The maximum absolute atomic E-state index is 12.6. The molecule has 1 aromatic heterocycles. The lowest BCUT2D eigenvalue weighted by molar-refractivity contribution is -0.132. The Morgan fingerprint density at radius 3 is 2.52 bits per heavy atom. The number of nitrogens with zero attached hydrogens (tertiary/aromatic N) is 2. The SMILES string of the molecule is Nc1nc(C2CCN(C(=O)CC[C@@H]3CCC(=O)N3)CC2)ccc1C(=O)NCc1ccccc1. The molecule has 2 aromatic rings. The number of rotatable bonds is 7. The molecule has 4 N–H and O–H groups in total. The highest BCUT2D eigenvalue weighted by molar-refractivity contribution is 5.98. The molecule has 33 heavy (non-hydrogen) atoms. The van der Waals surface area contributed by atoms with E-state index in [0.29, 0.717) is 44.5 Å². The lowest BCUT2D eigenvalue weighted by Crippen LogP contribution is -2.38. The fourth-order valence-electron chi connectivity index (χ4n) is 4.56. The Kier molecular flexibility index (Phi) is 7.22. The van der Waals surface area contributed by atoms with Gasteiger partial charge in [0.25, 0.3) is 5.91 Å². The van der Waals surface area contributed by atoms with Crippen molar-refractivity contribution < 1.29 is 14.4 Å². The molecule has 0 radical (unpaired) electrons. The molecule has 0 saturated carbocycles. The van der Waals surface area contributed by atoms with Crippen LogP contribution in [0.4, 0.5) is 5.82 Å². The molecule has 3 heterocycles. The third-order valence-corrected chi connectivity index (χ3v) is 6.54. The van der Waals surface area contributed by atoms with Crippen LogP contribution in [0.25, 0.3) is 0 Å². The Bertz CT molecular complexity index is 1000. The largest absolute Gasteiger partial charge is 0.383 e. The van der Waals surface area contributed by atoms with E-state index in [9.17, 15) is 14.4 Å². The average Bonchev–Trinajstić information content (AvgIpc) is 3.26. The Labute approximate surface area is 193 Å². The monoisotopic (exact) mass is 449 g/mol. The highest BCUT2D eigenvalue weighted by Crippen LogP contribution is 2.28. The predicted molar refractivity (Wildman–Crippen MR) is 125 cm³/mol. The van der Waals surface area contributed by atoms with E-state index in [-0.39, 0.29) is 35.5 Å². The summed E-state index contributed by atoms with van der Waals surface area (Å²) in [7, 11) is 0. The van der Waals surface area contributed by atoms with Crippen molar-refractivity contribution in [2.45, 2.75) is 57.0 Å². The Morgan fingerprint density at radius 1 is 1.09 bits per heavy atom. The fraction of sp³-hybridized carbons (Fsp3) is 0.440. The van der Waals surface area contributed by atoms with E-state index >= 15 is 0 Å². The van der Waals surface area contributed by atoms with Crippen molar-refractivity contribution in [2.24, 2.45) is 0 Å². The molecule has 0 spiro atoms. The molecular weight excluding hydrogens is 418 g/mol. The molecule has 174 valence electrons. The van der Waals surface area contributed by atoms with Crippen LogP contribution in [0.2, 0.25) is 0 Å². The number of carbonyl (C=O) groups excluding carboxylic acids is 3. The van der Waals surface area contributed by atoms with Gasteiger partial charge in [0.2, 0.25) is 11.8 Å². The Morgan fingerprint density at radius 2 is 1.85 bits per heavy atom. The van der Waals surface area contributed by atoms with Gasteiger partial charge < -0.3 is 21.3 Å². The van der Waals surface area contributed by atoms with Gasteiger partial charge in [0.15, 0.2) is 0 Å². The van der Waals surface area contributed by atoms with Gasteiger partial charge in [0, 0.05) is 50.1 Å². The third-order valence-electron chi connectivity index (χ3n) is 6.54. The lowest BCUT2D eigenvalue weighted by Gasteiger charge is -2.32. The normalized spacial score (nSPS) is 18.7. The van der Waals surface area contributed by atoms with Gasteiger partial charge in [-0.05, 0) is 43.4 Å². The zero-order chi connectivity index (χ0) is 23.2. The fourth-order valence-corrected chi connectivity index (χ4v) is 4.56. The quantitative estimate of drug-likeness (QED) is 0.600. The van der Waals surface area contributed by atoms with E-state index in [1.54, 1.807) is 6.07 Å². The van der Waals surface area contributed by atoms with Crippen LogP contribution in [0.15, 0.2) is 42.5 Å². The van der Waals surface area contributed by atoms with Gasteiger partial charge in [-0.1, -0.05) is 30.3 Å². The Hall–Kier alpha value is -3.42. The number of hydrogen-bond acceptors (Lipinski definition) is 5. The van der Waals surface area contributed by atoms with Crippen molar-refractivity contribution in [3.05, 3.63) is 59.3 Å². The zero-order valence-corrected chi connectivity index (χ0v) is 18.8. The summed E-state index contributed by atoms with van der Waals surface area (Å²) in [6.45, 7) is 1.79. The number of nitrogen functional groups attached to an aromatic ring is 1. The second kappa shape index (κ2) is 10.5. The number of nitrogens with one attached hydrogen (secondary N) is 2. The van der Waals surface area contributed by atoms with Crippen molar-refractivity contribution in [1.82, 2.24) is 20.5 Å². The summed E-state index contributed by atoms with van der Waals surface area (Å²) >= 11 is 0. The summed E-state index contributed by atoms with van der Waals surface area (Å²) in [5.74, 6) is 0.434. The molecular formula is C25H31N5O3. The molecule has 8 heteroatoms. The van der Waals surface area contributed by atoms with Crippen LogP contribution in [-0.4, -0.2) is 46.7 Å². The first-order valence-electron chi connectivity index (χ1n) is 11.7. The van der Waals surface area contributed by atoms with Crippen molar-refractivity contribution in [3.8, 4) is 0 Å². The van der Waals surface area contributed by atoms with Gasteiger partial charge in [-0.25, -0.2) is 4.98 Å². The molecule has 2 saturated heterocycles. The van der Waals surface area contributed by atoms with Crippen molar-refractivity contribution in [2.75, 3.05) is 18.8 Å². The van der Waals surface area contributed by atoms with Crippen LogP contribution in [-0.2, 0) is 16.1 Å². The summed E-state index contributed by atoms with van der Waals surface area (Å²) in [6.07, 6.45) is 4.19. The first kappa shape index (κ1) is 22.8. The van der Waals surface area contributed by atoms with Crippen LogP contribution in [0, 0.1) is 0 Å². The highest BCUT2D eigenvalue weighted by Gasteiger charge is 2.27. The summed E-state index contributed by atoms with van der Waals surface area (Å²) in [6, 6.07) is 13.5. The molecule has 0 bridgehead atoms. The molecule has 2 fully saturated rings. The zero-order valence-electron chi connectivity index (χ0n) is 18.8. The lowest BCUT2D eigenvalue weighted by atomic mass is 9.92. The molecule has 0 unspecified atom stereocenters. The summed E-state index contributed by atoms with van der Waals surface area (Å²) < 4.78 is 0. The number of hydrogen-bond donors (Lipinski definition) is 3. The van der Waals surface area contributed by atoms with Gasteiger partial charge in [0.1, 0.15) is 5.82 Å².